The Morgan fingerprint density at radius 3 is 2.47 bits per heavy atom. The van der Waals surface area contributed by atoms with Crippen LogP contribution in [0.25, 0.3) is 0 Å². The number of carbonyl (C=O) groups is 2. The van der Waals surface area contributed by atoms with Gasteiger partial charge < -0.3 is 20.1 Å². The maximum atomic E-state index is 13.2. The topological polar surface area (TPSA) is 89.6 Å². The molecule has 0 aliphatic heterocycles. The summed E-state index contributed by atoms with van der Waals surface area (Å²) in [6.07, 6.45) is -2.76. The number of hydrogen-bond donors (Lipinski definition) is 2. The van der Waals surface area contributed by atoms with Crippen molar-refractivity contribution in [3.63, 3.8) is 0 Å². The van der Waals surface area contributed by atoms with Crippen LogP contribution < -0.4 is 20.1 Å². The number of aromatic nitrogens is 1. The zero-order valence-electron chi connectivity index (χ0n) is 18.4. The third-order valence-electron chi connectivity index (χ3n) is 4.79. The molecule has 0 fully saturated rings. The molecule has 7 nitrogen and oxygen atoms in total. The van der Waals surface area contributed by atoms with Crippen LogP contribution in [0.3, 0.4) is 0 Å². The van der Waals surface area contributed by atoms with Crippen molar-refractivity contribution in [1.82, 2.24) is 15.6 Å². The zero-order chi connectivity index (χ0) is 24.7. The highest BCUT2D eigenvalue weighted by atomic mass is 19.4. The summed E-state index contributed by atoms with van der Waals surface area (Å²) in [7, 11) is 2.64. The Balaban J connectivity index is 1.61. The number of methoxy groups -OCH3 is 1. The van der Waals surface area contributed by atoms with Crippen LogP contribution in [-0.2, 0) is 12.6 Å². The summed E-state index contributed by atoms with van der Waals surface area (Å²) in [5, 5.41) is 5.11. The van der Waals surface area contributed by atoms with Gasteiger partial charge in [0.25, 0.3) is 11.8 Å². The van der Waals surface area contributed by atoms with E-state index in [4.69, 9.17) is 9.47 Å². The lowest BCUT2D eigenvalue weighted by atomic mass is 10.1. The first-order chi connectivity index (χ1) is 16.2. The van der Waals surface area contributed by atoms with Crippen molar-refractivity contribution in [1.29, 1.82) is 0 Å². The molecule has 0 aliphatic carbocycles. The van der Waals surface area contributed by atoms with Gasteiger partial charge in [-0.05, 0) is 48.4 Å². The van der Waals surface area contributed by atoms with Crippen LogP contribution in [0.1, 0.15) is 32.0 Å². The van der Waals surface area contributed by atoms with E-state index >= 15 is 0 Å². The Morgan fingerprint density at radius 1 is 1.00 bits per heavy atom. The molecule has 0 unspecified atom stereocenters. The summed E-state index contributed by atoms with van der Waals surface area (Å²) < 4.78 is 50.1. The molecule has 0 spiro atoms. The molecule has 0 bridgehead atoms. The van der Waals surface area contributed by atoms with Crippen LogP contribution in [0.2, 0.25) is 0 Å². The smallest absolute Gasteiger partial charge is 0.419 e. The summed E-state index contributed by atoms with van der Waals surface area (Å²) >= 11 is 0. The monoisotopic (exact) mass is 473 g/mol. The van der Waals surface area contributed by atoms with Crippen LogP contribution in [-0.4, -0.2) is 37.5 Å². The van der Waals surface area contributed by atoms with Crippen molar-refractivity contribution >= 4 is 11.8 Å². The van der Waals surface area contributed by atoms with E-state index in [1.807, 2.05) is 6.07 Å². The SMILES string of the molecule is CNC(=O)c1cc(Oc2cccc(CCNC(=O)c3ccc(OC)c(C(F)(F)F)c3)c2)ccn1. The number of benzene rings is 2. The first kappa shape index (κ1) is 24.6. The van der Waals surface area contributed by atoms with Gasteiger partial charge in [0.05, 0.1) is 12.7 Å². The average Bonchev–Trinajstić information content (AvgIpc) is 2.83. The van der Waals surface area contributed by atoms with E-state index < -0.39 is 17.6 Å². The van der Waals surface area contributed by atoms with E-state index in [-0.39, 0.29) is 29.5 Å². The highest BCUT2D eigenvalue weighted by Gasteiger charge is 2.35. The minimum absolute atomic E-state index is 0.116. The van der Waals surface area contributed by atoms with E-state index in [1.54, 1.807) is 24.3 Å². The number of rotatable bonds is 8. The number of carbonyl (C=O) groups excluding carboxylic acids is 2. The van der Waals surface area contributed by atoms with Crippen LogP contribution in [0.5, 0.6) is 17.2 Å². The molecule has 0 radical (unpaired) electrons. The molecule has 1 heterocycles. The summed E-state index contributed by atoms with van der Waals surface area (Å²) in [5.74, 6) is -0.368. The summed E-state index contributed by atoms with van der Waals surface area (Å²) in [5.41, 5.74) is -0.0758. The van der Waals surface area contributed by atoms with E-state index in [9.17, 15) is 22.8 Å². The van der Waals surface area contributed by atoms with Crippen LogP contribution in [0, 0.1) is 0 Å². The minimum atomic E-state index is -4.64. The molecule has 3 rings (SSSR count). The average molecular weight is 473 g/mol. The standard InChI is InChI=1S/C24H22F3N3O4/c1-28-23(32)20-14-18(9-11-29-20)34-17-5-3-4-15(12-17)8-10-30-22(31)16-6-7-21(33-2)19(13-16)24(25,26)27/h3-7,9,11-14H,8,10H2,1-2H3,(H,28,32)(H,30,31). The number of alkyl halides is 3. The van der Waals surface area contributed by atoms with Gasteiger partial charge >= 0.3 is 6.18 Å². The molecule has 178 valence electrons. The van der Waals surface area contributed by atoms with Crippen molar-refractivity contribution in [2.45, 2.75) is 12.6 Å². The van der Waals surface area contributed by atoms with Gasteiger partial charge in [0.2, 0.25) is 0 Å². The quantitative estimate of drug-likeness (QED) is 0.511. The fourth-order valence-electron chi connectivity index (χ4n) is 3.12. The first-order valence-electron chi connectivity index (χ1n) is 10.2. The molecule has 3 aromatic rings. The summed E-state index contributed by atoms with van der Waals surface area (Å²) in [6.45, 7) is 0.200. The number of pyridine rings is 1. The largest absolute Gasteiger partial charge is 0.496 e. The maximum Gasteiger partial charge on any atom is 0.419 e. The van der Waals surface area contributed by atoms with Crippen molar-refractivity contribution in [3.05, 3.63) is 83.2 Å². The molecule has 2 amide bonds. The van der Waals surface area contributed by atoms with Gasteiger partial charge in [0.1, 0.15) is 22.9 Å². The molecule has 34 heavy (non-hydrogen) atoms. The fourth-order valence-corrected chi connectivity index (χ4v) is 3.12. The van der Waals surface area contributed by atoms with E-state index in [0.29, 0.717) is 17.9 Å². The molecule has 0 saturated heterocycles. The molecular weight excluding hydrogens is 451 g/mol. The van der Waals surface area contributed by atoms with Crippen molar-refractivity contribution in [2.75, 3.05) is 20.7 Å². The van der Waals surface area contributed by atoms with Gasteiger partial charge in [-0.2, -0.15) is 13.2 Å². The minimum Gasteiger partial charge on any atom is -0.496 e. The normalized spacial score (nSPS) is 11.0. The molecule has 0 saturated carbocycles. The van der Waals surface area contributed by atoms with Gasteiger partial charge in [0.15, 0.2) is 0 Å². The van der Waals surface area contributed by atoms with Gasteiger partial charge in [-0.25, -0.2) is 0 Å². The fraction of sp³-hybridized carbons (Fsp3) is 0.208. The maximum absolute atomic E-state index is 13.2. The summed E-state index contributed by atoms with van der Waals surface area (Å²) in [4.78, 5) is 28.1. The third kappa shape index (κ3) is 6.25. The molecule has 2 aromatic carbocycles. The van der Waals surface area contributed by atoms with E-state index in [2.05, 4.69) is 15.6 Å². The highest BCUT2D eigenvalue weighted by Crippen LogP contribution is 2.36. The predicted molar refractivity (Wildman–Crippen MR) is 118 cm³/mol. The van der Waals surface area contributed by atoms with Gasteiger partial charge in [-0.15, -0.1) is 0 Å². The Morgan fingerprint density at radius 2 is 1.76 bits per heavy atom. The van der Waals surface area contributed by atoms with Crippen LogP contribution in [0.4, 0.5) is 13.2 Å². The third-order valence-corrected chi connectivity index (χ3v) is 4.79. The van der Waals surface area contributed by atoms with Crippen LogP contribution >= 0.6 is 0 Å². The lowest BCUT2D eigenvalue weighted by Gasteiger charge is -2.13. The zero-order valence-corrected chi connectivity index (χ0v) is 18.4. The highest BCUT2D eigenvalue weighted by molar-refractivity contribution is 5.94. The number of amides is 2. The Kier molecular flexibility index (Phi) is 7.72. The Labute approximate surface area is 193 Å². The second-order valence-corrected chi connectivity index (χ2v) is 7.12. The van der Waals surface area contributed by atoms with E-state index in [0.717, 1.165) is 24.8 Å². The molecule has 0 aliphatic rings. The van der Waals surface area contributed by atoms with Crippen LogP contribution in [0.15, 0.2) is 60.8 Å². The van der Waals surface area contributed by atoms with Crippen molar-refractivity contribution < 1.29 is 32.2 Å². The van der Waals surface area contributed by atoms with E-state index in [1.165, 1.54) is 25.4 Å². The number of nitrogens with one attached hydrogen (secondary N) is 2. The van der Waals surface area contributed by atoms with Crippen molar-refractivity contribution in [3.8, 4) is 17.2 Å². The first-order valence-corrected chi connectivity index (χ1v) is 10.2. The number of nitrogens with zero attached hydrogens (tertiary/aromatic N) is 1. The summed E-state index contributed by atoms with van der Waals surface area (Å²) in [6, 6.07) is 13.4. The second kappa shape index (κ2) is 10.7. The number of halogens is 3. The molecule has 1 aromatic heterocycles. The molecule has 10 heteroatoms. The number of ether oxygens (including phenoxy) is 2. The lowest BCUT2D eigenvalue weighted by molar-refractivity contribution is -0.138. The second-order valence-electron chi connectivity index (χ2n) is 7.12. The van der Waals surface area contributed by atoms with Gasteiger partial charge in [-0.3, -0.25) is 14.6 Å². The molecule has 0 atom stereocenters. The van der Waals surface area contributed by atoms with Crippen molar-refractivity contribution in [2.24, 2.45) is 0 Å². The Bertz CT molecular complexity index is 1180. The van der Waals surface area contributed by atoms with Gasteiger partial charge in [-0.1, -0.05) is 12.1 Å². The predicted octanol–water partition coefficient (Wildman–Crippen LogP) is 4.23. The Hall–Kier alpha value is -4.08. The molecular formula is C24H22F3N3O4. The molecule has 2 N–H and O–H groups in total. The lowest BCUT2D eigenvalue weighted by Crippen LogP contribution is -2.26. The van der Waals surface area contributed by atoms with Gasteiger partial charge in [0, 0.05) is 31.4 Å². The number of hydrogen-bond acceptors (Lipinski definition) is 5.